The van der Waals surface area contributed by atoms with Gasteiger partial charge in [-0.3, -0.25) is 9.59 Å². The van der Waals surface area contributed by atoms with Crippen molar-refractivity contribution < 1.29 is 23.8 Å². The van der Waals surface area contributed by atoms with E-state index in [9.17, 15) is 9.59 Å². The van der Waals surface area contributed by atoms with Crippen LogP contribution in [-0.2, 0) is 16.2 Å². The van der Waals surface area contributed by atoms with Crippen molar-refractivity contribution in [2.75, 3.05) is 19.5 Å². The number of ether oxygens (including phenoxy) is 3. The fourth-order valence-corrected chi connectivity index (χ4v) is 3.68. The van der Waals surface area contributed by atoms with Gasteiger partial charge in [0.2, 0.25) is 11.8 Å². The summed E-state index contributed by atoms with van der Waals surface area (Å²) >= 11 is 3.50. The third-order valence-electron chi connectivity index (χ3n) is 4.84. The minimum absolute atomic E-state index is 0.00617. The average Bonchev–Trinajstić information content (AvgIpc) is 2.87. The Labute approximate surface area is 212 Å². The summed E-state index contributed by atoms with van der Waals surface area (Å²) in [4.78, 5) is 24.2. The van der Waals surface area contributed by atoms with Crippen molar-refractivity contribution >= 4 is 39.6 Å². The zero-order chi connectivity index (χ0) is 25.0. The molecule has 0 fully saturated rings. The Bertz CT molecular complexity index is 1180. The van der Waals surface area contributed by atoms with Gasteiger partial charge in [-0.15, -0.1) is 0 Å². The normalized spacial score (nSPS) is 10.6. The van der Waals surface area contributed by atoms with Crippen molar-refractivity contribution in [3.63, 3.8) is 0 Å². The molecule has 35 heavy (non-hydrogen) atoms. The summed E-state index contributed by atoms with van der Waals surface area (Å²) in [5.41, 5.74) is 4.70. The molecular weight excluding hydrogens is 514 g/mol. The summed E-state index contributed by atoms with van der Waals surface area (Å²) in [6.07, 6.45) is 1.48. The van der Waals surface area contributed by atoms with Gasteiger partial charge in [0.1, 0.15) is 12.4 Å². The van der Waals surface area contributed by atoms with Gasteiger partial charge in [-0.2, -0.15) is 5.10 Å². The lowest BCUT2D eigenvalue weighted by Gasteiger charge is -2.13. The molecule has 2 N–H and O–H groups in total. The Morgan fingerprint density at radius 2 is 1.60 bits per heavy atom. The number of carbonyl (C=O) groups excluding carboxylic acids is 2. The van der Waals surface area contributed by atoms with Gasteiger partial charge in [0, 0.05) is 12.8 Å². The predicted molar refractivity (Wildman–Crippen MR) is 138 cm³/mol. The van der Waals surface area contributed by atoms with Crippen LogP contribution < -0.4 is 25.0 Å². The highest BCUT2D eigenvalue weighted by Crippen LogP contribution is 2.36. The molecule has 3 aromatic rings. The van der Waals surface area contributed by atoms with E-state index in [-0.39, 0.29) is 24.7 Å². The lowest BCUT2D eigenvalue weighted by molar-refractivity contribution is -0.124. The Hall–Kier alpha value is -3.85. The molecule has 0 aromatic heterocycles. The molecule has 0 aliphatic heterocycles. The van der Waals surface area contributed by atoms with Crippen LogP contribution in [-0.4, -0.2) is 32.2 Å². The van der Waals surface area contributed by atoms with Gasteiger partial charge in [0.15, 0.2) is 11.5 Å². The molecule has 182 valence electrons. The zero-order valence-electron chi connectivity index (χ0n) is 19.4. The predicted octanol–water partition coefficient (Wildman–Crippen LogP) is 4.91. The Kier molecular flexibility index (Phi) is 9.68. The summed E-state index contributed by atoms with van der Waals surface area (Å²) in [5.74, 6) is 0.960. The number of rotatable bonds is 11. The second kappa shape index (κ2) is 13.1. The number of benzene rings is 3. The van der Waals surface area contributed by atoms with Gasteiger partial charge in [0.05, 0.1) is 30.6 Å². The maximum Gasteiger partial charge on any atom is 0.240 e. The number of anilines is 1. The number of carbonyl (C=O) groups is 2. The van der Waals surface area contributed by atoms with Crippen molar-refractivity contribution in [2.45, 2.75) is 19.4 Å². The highest BCUT2D eigenvalue weighted by atomic mass is 79.9. The summed E-state index contributed by atoms with van der Waals surface area (Å²) < 4.78 is 17.3. The van der Waals surface area contributed by atoms with Gasteiger partial charge in [-0.05, 0) is 51.3 Å². The van der Waals surface area contributed by atoms with Crippen LogP contribution >= 0.6 is 15.9 Å². The standard InChI is InChI=1S/C26H26BrN3O5/c1-33-22-11-7-6-10-21(22)29-24(31)12-13-25(32)30-28-16-19-14-20(27)26(23(15-19)34-2)35-17-18-8-4-3-5-9-18/h3-11,14-16H,12-13,17H2,1-2H3,(H,29,31)(H,30,32). The van der Waals surface area contributed by atoms with Crippen LogP contribution in [0.4, 0.5) is 5.69 Å². The maximum atomic E-state index is 12.1. The first-order valence-corrected chi connectivity index (χ1v) is 11.6. The molecule has 2 amide bonds. The van der Waals surface area contributed by atoms with Crippen LogP contribution in [0, 0.1) is 0 Å². The first kappa shape index (κ1) is 25.8. The van der Waals surface area contributed by atoms with Crippen LogP contribution in [0.1, 0.15) is 24.0 Å². The molecule has 0 radical (unpaired) electrons. The first-order valence-electron chi connectivity index (χ1n) is 10.8. The van der Waals surface area contributed by atoms with Crippen molar-refractivity contribution in [2.24, 2.45) is 5.10 Å². The molecule has 0 heterocycles. The molecule has 0 bridgehead atoms. The minimum atomic E-state index is -0.384. The number of nitrogens with one attached hydrogen (secondary N) is 2. The topological polar surface area (TPSA) is 98.2 Å². The van der Waals surface area contributed by atoms with Gasteiger partial charge in [0.25, 0.3) is 0 Å². The largest absolute Gasteiger partial charge is 0.495 e. The Morgan fingerprint density at radius 3 is 2.34 bits per heavy atom. The van der Waals surface area contributed by atoms with E-state index in [1.54, 1.807) is 43.5 Å². The molecule has 0 atom stereocenters. The summed E-state index contributed by atoms with van der Waals surface area (Å²) in [6, 6.07) is 20.4. The Morgan fingerprint density at radius 1 is 0.914 bits per heavy atom. The smallest absolute Gasteiger partial charge is 0.240 e. The van der Waals surface area contributed by atoms with Gasteiger partial charge < -0.3 is 19.5 Å². The van der Waals surface area contributed by atoms with Gasteiger partial charge >= 0.3 is 0 Å². The maximum absolute atomic E-state index is 12.1. The Balaban J connectivity index is 1.51. The lowest BCUT2D eigenvalue weighted by atomic mass is 10.2. The fourth-order valence-electron chi connectivity index (χ4n) is 3.11. The molecule has 0 aliphatic rings. The lowest BCUT2D eigenvalue weighted by Crippen LogP contribution is -2.20. The monoisotopic (exact) mass is 539 g/mol. The van der Waals surface area contributed by atoms with Gasteiger partial charge in [-0.1, -0.05) is 42.5 Å². The van der Waals surface area contributed by atoms with Crippen LogP contribution in [0.25, 0.3) is 0 Å². The summed E-state index contributed by atoms with van der Waals surface area (Å²) in [7, 11) is 3.08. The number of amides is 2. The molecule has 0 spiro atoms. The fraction of sp³-hybridized carbons (Fsp3) is 0.192. The van der Waals surface area contributed by atoms with E-state index in [1.165, 1.54) is 13.3 Å². The molecule has 0 saturated heterocycles. The van der Waals surface area contributed by atoms with Crippen LogP contribution in [0.2, 0.25) is 0 Å². The second-order valence-corrected chi connectivity index (χ2v) is 8.20. The zero-order valence-corrected chi connectivity index (χ0v) is 21.0. The molecule has 0 unspecified atom stereocenters. The number of methoxy groups -OCH3 is 2. The quantitative estimate of drug-likeness (QED) is 0.266. The number of hydrogen-bond donors (Lipinski definition) is 2. The SMILES string of the molecule is COc1ccccc1NC(=O)CCC(=O)NN=Cc1cc(Br)c(OCc2ccccc2)c(OC)c1. The summed E-state index contributed by atoms with van der Waals surface area (Å²) in [6.45, 7) is 0.393. The van der Waals surface area contributed by atoms with Gasteiger partial charge in [-0.25, -0.2) is 5.43 Å². The van der Waals surface area contributed by atoms with E-state index in [4.69, 9.17) is 14.2 Å². The molecule has 3 aromatic carbocycles. The van der Waals surface area contributed by atoms with E-state index in [0.29, 0.717) is 39.6 Å². The minimum Gasteiger partial charge on any atom is -0.495 e. The molecule has 9 heteroatoms. The summed E-state index contributed by atoms with van der Waals surface area (Å²) in [5, 5.41) is 6.71. The number of hydrogen-bond acceptors (Lipinski definition) is 6. The number of hydrazone groups is 1. The van der Waals surface area contributed by atoms with Crippen molar-refractivity contribution in [1.82, 2.24) is 5.43 Å². The average molecular weight is 540 g/mol. The van der Waals surface area contributed by atoms with Crippen LogP contribution in [0.5, 0.6) is 17.2 Å². The third kappa shape index (κ3) is 7.86. The second-order valence-electron chi connectivity index (χ2n) is 7.35. The van der Waals surface area contributed by atoms with Crippen molar-refractivity contribution in [1.29, 1.82) is 0 Å². The molecule has 8 nitrogen and oxygen atoms in total. The van der Waals surface area contributed by atoms with E-state index in [1.807, 2.05) is 30.3 Å². The van der Waals surface area contributed by atoms with E-state index in [0.717, 1.165) is 5.56 Å². The third-order valence-corrected chi connectivity index (χ3v) is 5.43. The van der Waals surface area contributed by atoms with Crippen molar-refractivity contribution in [3.05, 3.63) is 82.3 Å². The number of para-hydroxylation sites is 2. The highest BCUT2D eigenvalue weighted by molar-refractivity contribution is 9.10. The number of nitrogens with zero attached hydrogens (tertiary/aromatic N) is 1. The van der Waals surface area contributed by atoms with Crippen LogP contribution in [0.15, 0.2) is 76.3 Å². The first-order chi connectivity index (χ1) is 17.0. The highest BCUT2D eigenvalue weighted by Gasteiger charge is 2.12. The molecule has 0 saturated carbocycles. The molecular formula is C26H26BrN3O5. The molecule has 0 aliphatic carbocycles. The van der Waals surface area contributed by atoms with Crippen molar-refractivity contribution in [3.8, 4) is 17.2 Å². The number of halogens is 1. The molecule has 3 rings (SSSR count). The van der Waals surface area contributed by atoms with E-state index in [2.05, 4.69) is 31.8 Å². The van der Waals surface area contributed by atoms with E-state index >= 15 is 0 Å². The van der Waals surface area contributed by atoms with Crippen LogP contribution in [0.3, 0.4) is 0 Å². The van der Waals surface area contributed by atoms with E-state index < -0.39 is 0 Å².